The number of benzene rings is 7. The van der Waals surface area contributed by atoms with Crippen LogP contribution in [-0.2, 0) is 0 Å². The minimum atomic E-state index is -0.622. The number of fused-ring (bicyclic) bond motifs is 2. The summed E-state index contributed by atoms with van der Waals surface area (Å²) in [5.41, 5.74) is 3.58. The maximum absolute atomic E-state index is 13.8. The van der Waals surface area contributed by atoms with Crippen LogP contribution in [0.2, 0.25) is 0 Å². The van der Waals surface area contributed by atoms with Crippen molar-refractivity contribution >= 4 is 52.4 Å². The first kappa shape index (κ1) is 38.9. The van der Waals surface area contributed by atoms with E-state index in [0.717, 1.165) is 15.4 Å². The molecule has 0 aliphatic carbocycles. The number of rotatable bonds is 11. The summed E-state index contributed by atoms with van der Waals surface area (Å²) in [6.45, 7) is 3.42. The van der Waals surface area contributed by atoms with Gasteiger partial charge in [-0.1, -0.05) is 48.0 Å². The van der Waals surface area contributed by atoms with Crippen LogP contribution in [0.25, 0.3) is 0 Å². The number of hydrogen-bond donors (Lipinski definition) is 0. The number of Topliss-reactive ketones (excluding diaryl/α,β-unsaturated/α-hetero) is 1. The zero-order valence-electron chi connectivity index (χ0n) is 33.1. The van der Waals surface area contributed by atoms with Crippen LogP contribution >= 0.6 is 0 Å². The first-order chi connectivity index (χ1) is 29.9. The number of nitrogens with zero attached hydrogens (tertiary/aromatic N) is 2. The summed E-state index contributed by atoms with van der Waals surface area (Å²) in [5.74, 6) is -1.18. The summed E-state index contributed by atoms with van der Waals surface area (Å²) < 4.78 is 11.8. The highest BCUT2D eigenvalue weighted by Gasteiger charge is 2.39. The van der Waals surface area contributed by atoms with Crippen molar-refractivity contribution in [1.82, 2.24) is 0 Å². The molecule has 0 radical (unpaired) electrons. The van der Waals surface area contributed by atoms with Crippen molar-refractivity contribution in [3.63, 3.8) is 0 Å². The molecule has 0 N–H and O–H groups in total. The van der Waals surface area contributed by atoms with Crippen LogP contribution in [-0.4, -0.2) is 41.0 Å². The summed E-state index contributed by atoms with van der Waals surface area (Å²) >= 11 is 0. The number of ketones is 3. The van der Waals surface area contributed by atoms with Gasteiger partial charge in [0.1, 0.15) is 23.0 Å². The molecule has 11 heteroatoms. The van der Waals surface area contributed by atoms with Crippen LogP contribution in [0.5, 0.6) is 23.0 Å². The average molecular weight is 817 g/mol. The van der Waals surface area contributed by atoms with Crippen molar-refractivity contribution in [2.45, 2.75) is 13.8 Å². The molecular weight excluding hydrogens is 785 g/mol. The van der Waals surface area contributed by atoms with E-state index in [9.17, 15) is 33.6 Å². The Bertz CT molecular complexity index is 3040. The highest BCUT2D eigenvalue weighted by atomic mass is 16.5. The number of anilines is 2. The fourth-order valence-electron chi connectivity index (χ4n) is 7.33. The predicted octanol–water partition coefficient (Wildman–Crippen LogP) is 9.85. The van der Waals surface area contributed by atoms with E-state index in [2.05, 4.69) is 0 Å². The molecule has 0 saturated heterocycles. The molecule has 11 nitrogen and oxygen atoms in total. The number of aryl methyl sites for hydroxylation is 1. The Balaban J connectivity index is 0.864. The maximum atomic E-state index is 13.8. The maximum Gasteiger partial charge on any atom is 0.266 e. The summed E-state index contributed by atoms with van der Waals surface area (Å²) in [6.07, 6.45) is 0. The monoisotopic (exact) mass is 816 g/mol. The molecule has 0 aromatic heterocycles. The molecular formula is C51H32N2O9. The van der Waals surface area contributed by atoms with Crippen LogP contribution in [0.15, 0.2) is 158 Å². The fraction of sp³-hybridized carbons (Fsp3) is 0.0392. The standard InChI is InChI=1S/C51H32N2O9/c1-29-6-16-38(17-7-29)61-40-20-12-36(13-21-40)52-48(57)42-24-10-34(27-44(42)50(52)59)47(56)35-11-25-43-45(28-35)51(60)53(49(43)58)37-14-22-41(23-15-37)62-39-18-8-31(9-19-39)46(55)33-5-3-4-32(26-33)30(2)54/h3-28H,1-2H3. The Morgan fingerprint density at radius 2 is 0.742 bits per heavy atom. The van der Waals surface area contributed by atoms with Gasteiger partial charge in [0.15, 0.2) is 17.3 Å². The molecule has 300 valence electrons. The number of imide groups is 2. The molecule has 2 aliphatic heterocycles. The van der Waals surface area contributed by atoms with Gasteiger partial charge in [0, 0.05) is 27.8 Å². The molecule has 2 heterocycles. The van der Waals surface area contributed by atoms with Crippen molar-refractivity contribution < 1.29 is 43.0 Å². The summed E-state index contributed by atoms with van der Waals surface area (Å²) in [6, 6.07) is 41.9. The van der Waals surface area contributed by atoms with E-state index in [0.29, 0.717) is 45.4 Å². The highest BCUT2D eigenvalue weighted by Crippen LogP contribution is 2.34. The zero-order valence-corrected chi connectivity index (χ0v) is 33.1. The zero-order chi connectivity index (χ0) is 43.2. The quantitative estimate of drug-likeness (QED) is 0.0920. The van der Waals surface area contributed by atoms with Crippen molar-refractivity contribution in [2.24, 2.45) is 0 Å². The molecule has 0 bridgehead atoms. The van der Waals surface area contributed by atoms with Crippen LogP contribution in [0.4, 0.5) is 11.4 Å². The first-order valence-corrected chi connectivity index (χ1v) is 19.4. The number of hydrogen-bond acceptors (Lipinski definition) is 9. The third-order valence-corrected chi connectivity index (χ3v) is 10.6. The van der Waals surface area contributed by atoms with Crippen LogP contribution in [0.3, 0.4) is 0 Å². The molecule has 7 aromatic rings. The highest BCUT2D eigenvalue weighted by molar-refractivity contribution is 6.36. The molecule has 0 fully saturated rings. The Morgan fingerprint density at radius 3 is 1.19 bits per heavy atom. The van der Waals surface area contributed by atoms with E-state index in [1.165, 1.54) is 43.3 Å². The predicted molar refractivity (Wildman–Crippen MR) is 229 cm³/mol. The second kappa shape index (κ2) is 15.6. The van der Waals surface area contributed by atoms with Gasteiger partial charge in [0.05, 0.1) is 33.6 Å². The Labute approximate surface area is 354 Å². The molecule has 0 saturated carbocycles. The summed E-state index contributed by atoms with van der Waals surface area (Å²) in [4.78, 5) is 94.8. The summed E-state index contributed by atoms with van der Waals surface area (Å²) in [7, 11) is 0. The molecule has 7 aromatic carbocycles. The first-order valence-electron chi connectivity index (χ1n) is 19.4. The lowest BCUT2D eigenvalue weighted by Gasteiger charge is -2.14. The lowest BCUT2D eigenvalue weighted by atomic mass is 9.96. The third kappa shape index (κ3) is 7.13. The van der Waals surface area contributed by atoms with Crippen molar-refractivity contribution in [3.8, 4) is 23.0 Å². The van der Waals surface area contributed by atoms with E-state index in [-0.39, 0.29) is 50.6 Å². The SMILES string of the molecule is CC(=O)c1cccc(C(=O)c2ccc(Oc3ccc(N4C(=O)c5ccc(C(=O)c6ccc7c(c6)C(=O)N(c6ccc(Oc8ccc(C)cc8)cc6)C7=O)cc5C4=O)cc3)cc2)c1. The average Bonchev–Trinajstić information content (AvgIpc) is 3.70. The number of carbonyl (C=O) groups is 7. The molecule has 62 heavy (non-hydrogen) atoms. The van der Waals surface area contributed by atoms with Gasteiger partial charge in [-0.3, -0.25) is 33.6 Å². The van der Waals surface area contributed by atoms with Gasteiger partial charge in [-0.05, 0) is 129 Å². The topological polar surface area (TPSA) is 144 Å². The number of carbonyl (C=O) groups excluding carboxylic acids is 7. The van der Waals surface area contributed by atoms with Crippen molar-refractivity contribution in [2.75, 3.05) is 9.80 Å². The van der Waals surface area contributed by atoms with Gasteiger partial charge in [0.2, 0.25) is 0 Å². The number of amides is 4. The van der Waals surface area contributed by atoms with Crippen molar-refractivity contribution in [3.05, 3.63) is 213 Å². The van der Waals surface area contributed by atoms with Gasteiger partial charge in [-0.25, -0.2) is 9.80 Å². The second-order valence-corrected chi connectivity index (χ2v) is 14.7. The minimum Gasteiger partial charge on any atom is -0.457 e. The van der Waals surface area contributed by atoms with Crippen LogP contribution < -0.4 is 19.3 Å². The van der Waals surface area contributed by atoms with E-state index < -0.39 is 29.4 Å². The van der Waals surface area contributed by atoms with E-state index in [1.54, 1.807) is 97.1 Å². The normalized spacial score (nSPS) is 12.9. The minimum absolute atomic E-state index is 0.0391. The van der Waals surface area contributed by atoms with E-state index in [1.807, 2.05) is 31.2 Å². The number of ether oxygens (including phenoxy) is 2. The van der Waals surface area contributed by atoms with Crippen molar-refractivity contribution in [1.29, 1.82) is 0 Å². The smallest absolute Gasteiger partial charge is 0.266 e. The molecule has 0 spiro atoms. The van der Waals surface area contributed by atoms with Crippen LogP contribution in [0, 0.1) is 6.92 Å². The van der Waals surface area contributed by atoms with E-state index >= 15 is 0 Å². The molecule has 2 aliphatic rings. The molecule has 4 amide bonds. The molecule has 0 unspecified atom stereocenters. The van der Waals surface area contributed by atoms with E-state index in [4.69, 9.17) is 9.47 Å². The summed E-state index contributed by atoms with van der Waals surface area (Å²) in [5, 5.41) is 0. The molecule has 9 rings (SSSR count). The largest absolute Gasteiger partial charge is 0.457 e. The lowest BCUT2D eigenvalue weighted by molar-refractivity contribution is 0.0910. The Kier molecular flexibility index (Phi) is 9.76. The van der Waals surface area contributed by atoms with Gasteiger partial charge in [0.25, 0.3) is 23.6 Å². The fourth-order valence-corrected chi connectivity index (χ4v) is 7.33. The van der Waals surface area contributed by atoms with Gasteiger partial charge >= 0.3 is 0 Å². The van der Waals surface area contributed by atoms with Gasteiger partial charge < -0.3 is 9.47 Å². The van der Waals surface area contributed by atoms with Gasteiger partial charge in [-0.2, -0.15) is 0 Å². The van der Waals surface area contributed by atoms with Crippen LogP contribution in [0.1, 0.15) is 96.1 Å². The Hall–Kier alpha value is -8.57. The van der Waals surface area contributed by atoms with Gasteiger partial charge in [-0.15, -0.1) is 0 Å². The second-order valence-electron chi connectivity index (χ2n) is 14.7. The third-order valence-electron chi connectivity index (χ3n) is 10.6. The lowest BCUT2D eigenvalue weighted by Crippen LogP contribution is -2.29. The molecule has 0 atom stereocenters. The Morgan fingerprint density at radius 1 is 0.387 bits per heavy atom.